The number of halogens is 1. The topological polar surface area (TPSA) is 9.23 Å². The second-order valence-electron chi connectivity index (χ2n) is 3.99. The molecule has 1 aromatic carbocycles. The van der Waals surface area contributed by atoms with E-state index in [0.29, 0.717) is 0 Å². The smallest absolute Gasteiger partial charge is 0.132 e. The van der Waals surface area contributed by atoms with Gasteiger partial charge in [-0.2, -0.15) is 0 Å². The highest BCUT2D eigenvalue weighted by atomic mass is 79.9. The van der Waals surface area contributed by atoms with E-state index in [1.54, 1.807) is 18.9 Å². The van der Waals surface area contributed by atoms with Crippen LogP contribution < -0.4 is 4.74 Å². The molecule has 0 amide bonds. The number of ether oxygens (including phenoxy) is 1. The molecule has 0 atom stereocenters. The standard InChI is InChI=1S/C14H15BrOS2/c1-9-6-11(15)13(18-9)7-10-4-5-12(16-2)14(8-10)17-3/h4-6,8H,7H2,1-3H3. The van der Waals surface area contributed by atoms with Crippen molar-refractivity contribution in [1.82, 2.24) is 0 Å². The maximum atomic E-state index is 5.34. The quantitative estimate of drug-likeness (QED) is 0.711. The van der Waals surface area contributed by atoms with Gasteiger partial charge in [-0.25, -0.2) is 0 Å². The molecule has 0 aliphatic heterocycles. The molecule has 4 heteroatoms. The Balaban J connectivity index is 2.27. The molecule has 0 bridgehead atoms. The zero-order valence-electron chi connectivity index (χ0n) is 10.6. The summed E-state index contributed by atoms with van der Waals surface area (Å²) in [6.07, 6.45) is 3.05. The summed E-state index contributed by atoms with van der Waals surface area (Å²) in [6, 6.07) is 8.58. The molecular weight excluding hydrogens is 328 g/mol. The summed E-state index contributed by atoms with van der Waals surface area (Å²) in [5, 5.41) is 0. The van der Waals surface area contributed by atoms with E-state index < -0.39 is 0 Å². The van der Waals surface area contributed by atoms with Crippen LogP contribution in [-0.4, -0.2) is 13.4 Å². The molecule has 0 saturated carbocycles. The Labute approximate surface area is 125 Å². The third-order valence-electron chi connectivity index (χ3n) is 2.69. The van der Waals surface area contributed by atoms with Gasteiger partial charge in [-0.3, -0.25) is 0 Å². The Morgan fingerprint density at radius 2 is 2.11 bits per heavy atom. The molecule has 1 aromatic heterocycles. The van der Waals surface area contributed by atoms with Gasteiger partial charge < -0.3 is 4.74 Å². The average molecular weight is 343 g/mol. The maximum absolute atomic E-state index is 5.34. The molecule has 0 saturated heterocycles. The first kappa shape index (κ1) is 14.0. The van der Waals surface area contributed by atoms with Gasteiger partial charge in [0.1, 0.15) is 5.75 Å². The molecule has 0 radical (unpaired) electrons. The molecule has 0 fully saturated rings. The highest BCUT2D eigenvalue weighted by Gasteiger charge is 2.08. The molecule has 2 rings (SSSR count). The summed E-state index contributed by atoms with van der Waals surface area (Å²) < 4.78 is 6.56. The molecule has 0 spiro atoms. The second kappa shape index (κ2) is 6.13. The predicted molar refractivity (Wildman–Crippen MR) is 84.3 cm³/mol. The number of aryl methyl sites for hydroxylation is 1. The highest BCUT2D eigenvalue weighted by molar-refractivity contribution is 9.10. The highest BCUT2D eigenvalue weighted by Crippen LogP contribution is 2.32. The van der Waals surface area contributed by atoms with E-state index in [9.17, 15) is 0 Å². The lowest BCUT2D eigenvalue weighted by atomic mass is 10.1. The van der Waals surface area contributed by atoms with Gasteiger partial charge in [-0.15, -0.1) is 23.1 Å². The molecule has 0 N–H and O–H groups in total. The Kier molecular flexibility index (Phi) is 4.76. The Hall–Kier alpha value is -0.450. The molecule has 96 valence electrons. The Morgan fingerprint density at radius 3 is 2.67 bits per heavy atom. The van der Waals surface area contributed by atoms with E-state index in [1.807, 2.05) is 11.3 Å². The van der Waals surface area contributed by atoms with Crippen LogP contribution in [0.25, 0.3) is 0 Å². The zero-order chi connectivity index (χ0) is 13.1. The van der Waals surface area contributed by atoms with Gasteiger partial charge in [-0.05, 0) is 52.9 Å². The van der Waals surface area contributed by atoms with E-state index in [1.165, 1.54) is 24.7 Å². The average Bonchev–Trinajstić information content (AvgIpc) is 2.67. The minimum atomic E-state index is 0.952. The first-order valence-electron chi connectivity index (χ1n) is 5.59. The fraction of sp³-hybridized carbons (Fsp3) is 0.286. The lowest BCUT2D eigenvalue weighted by Gasteiger charge is -2.08. The van der Waals surface area contributed by atoms with Crippen molar-refractivity contribution in [1.29, 1.82) is 0 Å². The second-order valence-corrected chi connectivity index (χ2v) is 7.04. The van der Waals surface area contributed by atoms with Crippen LogP contribution in [0.2, 0.25) is 0 Å². The summed E-state index contributed by atoms with van der Waals surface area (Å²) >= 11 is 7.19. The summed E-state index contributed by atoms with van der Waals surface area (Å²) in [5.74, 6) is 0.952. The third kappa shape index (κ3) is 3.11. The largest absolute Gasteiger partial charge is 0.496 e. The lowest BCUT2D eigenvalue weighted by Crippen LogP contribution is -1.90. The Morgan fingerprint density at radius 1 is 1.33 bits per heavy atom. The van der Waals surface area contributed by atoms with E-state index in [4.69, 9.17) is 4.74 Å². The molecule has 2 aromatic rings. The van der Waals surface area contributed by atoms with Crippen LogP contribution in [0.15, 0.2) is 33.6 Å². The van der Waals surface area contributed by atoms with Crippen molar-refractivity contribution in [2.75, 3.05) is 13.4 Å². The number of thioether (sulfide) groups is 1. The summed E-state index contributed by atoms with van der Waals surface area (Å²) in [5.41, 5.74) is 1.32. The number of methoxy groups -OCH3 is 1. The van der Waals surface area contributed by atoms with E-state index in [2.05, 4.69) is 53.4 Å². The van der Waals surface area contributed by atoms with Crippen molar-refractivity contribution in [2.45, 2.75) is 18.2 Å². The molecule has 1 nitrogen and oxygen atoms in total. The van der Waals surface area contributed by atoms with Crippen molar-refractivity contribution in [3.8, 4) is 5.75 Å². The molecule has 1 heterocycles. The van der Waals surface area contributed by atoms with Crippen molar-refractivity contribution in [3.05, 3.63) is 44.1 Å². The molecule has 0 aliphatic carbocycles. The fourth-order valence-corrected chi connectivity index (χ4v) is 4.29. The van der Waals surface area contributed by atoms with Gasteiger partial charge in [0, 0.05) is 25.5 Å². The number of benzene rings is 1. The van der Waals surface area contributed by atoms with Gasteiger partial charge in [0.25, 0.3) is 0 Å². The summed E-state index contributed by atoms with van der Waals surface area (Å²) in [6.45, 7) is 2.14. The molecule has 0 aliphatic rings. The van der Waals surface area contributed by atoms with Crippen LogP contribution in [0.4, 0.5) is 0 Å². The number of thiophene rings is 1. The first-order chi connectivity index (χ1) is 8.63. The number of hydrogen-bond acceptors (Lipinski definition) is 3. The van der Waals surface area contributed by atoms with Crippen LogP contribution in [0.5, 0.6) is 5.75 Å². The van der Waals surface area contributed by atoms with Gasteiger partial charge in [0.15, 0.2) is 0 Å². The van der Waals surface area contributed by atoms with Gasteiger partial charge in [0.05, 0.1) is 7.11 Å². The van der Waals surface area contributed by atoms with E-state index in [0.717, 1.165) is 12.2 Å². The minimum Gasteiger partial charge on any atom is -0.496 e. The van der Waals surface area contributed by atoms with Crippen molar-refractivity contribution in [2.24, 2.45) is 0 Å². The van der Waals surface area contributed by atoms with Crippen LogP contribution in [0.3, 0.4) is 0 Å². The van der Waals surface area contributed by atoms with Crippen molar-refractivity contribution < 1.29 is 4.74 Å². The number of hydrogen-bond donors (Lipinski definition) is 0. The SMILES string of the molecule is COc1ccc(Cc2sc(C)cc2Br)cc1SC. The normalized spacial score (nSPS) is 10.7. The molecule has 18 heavy (non-hydrogen) atoms. The van der Waals surface area contributed by atoms with Crippen LogP contribution in [-0.2, 0) is 6.42 Å². The van der Waals surface area contributed by atoms with E-state index in [-0.39, 0.29) is 0 Å². The first-order valence-corrected chi connectivity index (χ1v) is 8.43. The lowest BCUT2D eigenvalue weighted by molar-refractivity contribution is 0.404. The molecular formula is C14H15BrOS2. The van der Waals surface area contributed by atoms with Crippen LogP contribution in [0.1, 0.15) is 15.3 Å². The summed E-state index contributed by atoms with van der Waals surface area (Å²) in [7, 11) is 1.72. The molecule has 0 unspecified atom stereocenters. The van der Waals surface area contributed by atoms with Gasteiger partial charge in [0.2, 0.25) is 0 Å². The zero-order valence-corrected chi connectivity index (χ0v) is 13.8. The van der Waals surface area contributed by atoms with Crippen molar-refractivity contribution in [3.63, 3.8) is 0 Å². The van der Waals surface area contributed by atoms with Crippen molar-refractivity contribution >= 4 is 39.0 Å². The summed E-state index contributed by atoms with van der Waals surface area (Å²) in [4.78, 5) is 3.92. The van der Waals surface area contributed by atoms with E-state index >= 15 is 0 Å². The Bertz CT molecular complexity index is 549. The van der Waals surface area contributed by atoms with Crippen LogP contribution in [0, 0.1) is 6.92 Å². The third-order valence-corrected chi connectivity index (χ3v) is 5.47. The monoisotopic (exact) mass is 342 g/mol. The van der Waals surface area contributed by atoms with Gasteiger partial charge in [-0.1, -0.05) is 6.07 Å². The predicted octanol–water partition coefficient (Wildman–Crippen LogP) is 5.14. The minimum absolute atomic E-state index is 0.952. The van der Waals surface area contributed by atoms with Gasteiger partial charge >= 0.3 is 0 Å². The number of rotatable bonds is 4. The van der Waals surface area contributed by atoms with Crippen LogP contribution >= 0.6 is 39.0 Å². The maximum Gasteiger partial charge on any atom is 0.132 e. The fourth-order valence-electron chi connectivity index (χ4n) is 1.83.